The summed E-state index contributed by atoms with van der Waals surface area (Å²) in [7, 11) is 1.62. The highest BCUT2D eigenvalue weighted by molar-refractivity contribution is 9.11. The molecule has 1 amide bonds. The van der Waals surface area contributed by atoms with E-state index in [0.717, 1.165) is 21.5 Å². The molecule has 0 aliphatic heterocycles. The van der Waals surface area contributed by atoms with Gasteiger partial charge in [-0.15, -0.1) is 10.2 Å². The van der Waals surface area contributed by atoms with Crippen LogP contribution in [0.25, 0.3) is 17.1 Å². The van der Waals surface area contributed by atoms with E-state index in [2.05, 4.69) is 85.5 Å². The first kappa shape index (κ1) is 28.8. The highest BCUT2D eigenvalue weighted by Gasteiger charge is 2.19. The van der Waals surface area contributed by atoms with Crippen molar-refractivity contribution in [2.45, 2.75) is 31.3 Å². The van der Waals surface area contributed by atoms with Crippen molar-refractivity contribution in [1.82, 2.24) is 20.2 Å². The number of thioether (sulfide) groups is 1. The second-order valence-corrected chi connectivity index (χ2v) is 12.3. The summed E-state index contributed by atoms with van der Waals surface area (Å²) < 4.78 is 8.51. The molecule has 0 radical (unpaired) electrons. The van der Waals surface area contributed by atoms with Crippen LogP contribution in [-0.2, 0) is 10.2 Å². The normalized spacial score (nSPS) is 11.6. The van der Waals surface area contributed by atoms with Gasteiger partial charge in [0.15, 0.2) is 11.0 Å². The van der Waals surface area contributed by atoms with E-state index in [9.17, 15) is 9.90 Å². The number of aromatic hydroxyl groups is 1. The van der Waals surface area contributed by atoms with Crippen LogP contribution in [0.4, 0.5) is 0 Å². The Labute approximate surface area is 248 Å². The fraction of sp³-hybridized carbons (Fsp3) is 0.214. The lowest BCUT2D eigenvalue weighted by molar-refractivity contribution is -0.118. The first-order valence-corrected chi connectivity index (χ1v) is 14.5. The average molecular weight is 673 g/mol. The molecule has 0 unspecified atom stereocenters. The number of amides is 1. The molecule has 0 bridgehead atoms. The molecule has 0 saturated heterocycles. The van der Waals surface area contributed by atoms with Crippen molar-refractivity contribution in [2.24, 2.45) is 5.10 Å². The zero-order valence-corrected chi connectivity index (χ0v) is 25.8. The van der Waals surface area contributed by atoms with Crippen LogP contribution in [-0.4, -0.2) is 44.9 Å². The predicted octanol–water partition coefficient (Wildman–Crippen LogP) is 6.71. The van der Waals surface area contributed by atoms with Crippen molar-refractivity contribution in [1.29, 1.82) is 0 Å². The molecule has 39 heavy (non-hydrogen) atoms. The summed E-state index contributed by atoms with van der Waals surface area (Å²) in [6.07, 6.45) is 1.38. The molecule has 2 N–H and O–H groups in total. The number of carbonyl (C=O) groups is 1. The number of rotatable bonds is 8. The van der Waals surface area contributed by atoms with Gasteiger partial charge < -0.3 is 9.84 Å². The van der Waals surface area contributed by atoms with Crippen molar-refractivity contribution < 1.29 is 14.6 Å². The average Bonchev–Trinajstić information content (AvgIpc) is 3.33. The Bertz CT molecular complexity index is 1500. The zero-order valence-electron chi connectivity index (χ0n) is 21.8. The van der Waals surface area contributed by atoms with Crippen LogP contribution in [0.1, 0.15) is 31.9 Å². The number of ether oxygens (including phenoxy) is 1. The molecule has 0 aliphatic carbocycles. The molecule has 0 spiro atoms. The topological polar surface area (TPSA) is 102 Å². The smallest absolute Gasteiger partial charge is 0.250 e. The minimum atomic E-state index is -0.329. The lowest BCUT2D eigenvalue weighted by Crippen LogP contribution is -2.20. The maximum Gasteiger partial charge on any atom is 0.250 e. The highest BCUT2D eigenvalue weighted by Crippen LogP contribution is 2.32. The van der Waals surface area contributed by atoms with Crippen LogP contribution >= 0.6 is 43.6 Å². The molecular formula is C28H27Br2N5O3S. The lowest BCUT2D eigenvalue weighted by Gasteiger charge is -2.19. The third-order valence-corrected chi connectivity index (χ3v) is 7.75. The van der Waals surface area contributed by atoms with Crippen LogP contribution < -0.4 is 10.2 Å². The Kier molecular flexibility index (Phi) is 9.14. The van der Waals surface area contributed by atoms with Gasteiger partial charge in [-0.05, 0) is 63.3 Å². The third-order valence-electron chi connectivity index (χ3n) is 5.76. The minimum absolute atomic E-state index is 0.0289. The van der Waals surface area contributed by atoms with Crippen LogP contribution in [0, 0.1) is 0 Å². The van der Waals surface area contributed by atoms with Gasteiger partial charge in [-0.3, -0.25) is 9.36 Å². The van der Waals surface area contributed by atoms with E-state index in [0.29, 0.717) is 21.0 Å². The first-order valence-electron chi connectivity index (χ1n) is 11.9. The van der Waals surface area contributed by atoms with Gasteiger partial charge in [0.1, 0.15) is 11.5 Å². The monoisotopic (exact) mass is 671 g/mol. The quantitative estimate of drug-likeness (QED) is 0.123. The molecule has 202 valence electrons. The Morgan fingerprint density at radius 1 is 1.10 bits per heavy atom. The standard InChI is InChI=1S/C28H27Br2N5O3S/c1-28(2,3)19-7-5-17(6-8-19)26-33-34-27(35(26)21-9-11-22(38-4)12-10-21)39-16-24(36)32-31-15-18-13-20(29)14-23(30)25(18)37/h5-15,37H,16H2,1-4H3,(H,32,36). The van der Waals surface area contributed by atoms with Crippen molar-refractivity contribution in [2.75, 3.05) is 12.9 Å². The van der Waals surface area contributed by atoms with Crippen molar-refractivity contribution in [3.63, 3.8) is 0 Å². The molecule has 0 saturated carbocycles. The SMILES string of the molecule is COc1ccc(-n2c(SCC(=O)NN=Cc3cc(Br)cc(Br)c3O)nnc2-c2ccc(C(C)(C)C)cc2)cc1. The molecule has 1 aromatic heterocycles. The summed E-state index contributed by atoms with van der Waals surface area (Å²) >= 11 is 7.89. The number of phenols is 1. The maximum atomic E-state index is 12.6. The number of carbonyl (C=O) groups excluding carboxylic acids is 1. The number of phenolic OH excluding ortho intramolecular Hbond substituents is 1. The molecule has 0 atom stereocenters. The van der Waals surface area contributed by atoms with E-state index in [1.807, 2.05) is 41.0 Å². The molecule has 3 aromatic carbocycles. The predicted molar refractivity (Wildman–Crippen MR) is 162 cm³/mol. The fourth-order valence-corrected chi connectivity index (χ4v) is 5.66. The summed E-state index contributed by atoms with van der Waals surface area (Å²) in [4.78, 5) is 12.6. The number of nitrogens with one attached hydrogen (secondary N) is 1. The molecule has 0 aliphatic rings. The number of benzene rings is 3. The van der Waals surface area contributed by atoms with Gasteiger partial charge in [0.2, 0.25) is 0 Å². The van der Waals surface area contributed by atoms with E-state index in [4.69, 9.17) is 4.74 Å². The molecule has 8 nitrogen and oxygen atoms in total. The van der Waals surface area contributed by atoms with Crippen molar-refractivity contribution >= 4 is 55.7 Å². The molecule has 4 rings (SSSR count). The summed E-state index contributed by atoms with van der Waals surface area (Å²) in [5.74, 6) is 1.16. The second kappa shape index (κ2) is 12.4. The van der Waals surface area contributed by atoms with Gasteiger partial charge in [-0.25, -0.2) is 5.43 Å². The number of hydrogen-bond donors (Lipinski definition) is 2. The Hall–Kier alpha value is -3.15. The van der Waals surface area contributed by atoms with E-state index in [1.54, 1.807) is 19.2 Å². The Balaban J connectivity index is 1.55. The van der Waals surface area contributed by atoms with E-state index in [-0.39, 0.29) is 22.8 Å². The van der Waals surface area contributed by atoms with Gasteiger partial charge in [-0.1, -0.05) is 72.7 Å². The molecule has 1 heterocycles. The van der Waals surface area contributed by atoms with Crippen LogP contribution in [0.5, 0.6) is 11.5 Å². The minimum Gasteiger partial charge on any atom is -0.506 e. The Morgan fingerprint density at radius 2 is 1.79 bits per heavy atom. The first-order chi connectivity index (χ1) is 18.6. The zero-order chi connectivity index (χ0) is 28.2. The lowest BCUT2D eigenvalue weighted by atomic mass is 9.87. The van der Waals surface area contributed by atoms with Gasteiger partial charge >= 0.3 is 0 Å². The van der Waals surface area contributed by atoms with Crippen molar-refractivity contribution in [3.8, 4) is 28.6 Å². The molecule has 0 fully saturated rings. The number of halogens is 2. The van der Waals surface area contributed by atoms with Crippen LogP contribution in [0.2, 0.25) is 0 Å². The number of nitrogens with zero attached hydrogens (tertiary/aromatic N) is 4. The van der Waals surface area contributed by atoms with Gasteiger partial charge in [0, 0.05) is 21.3 Å². The summed E-state index contributed by atoms with van der Waals surface area (Å²) in [6.45, 7) is 6.52. The van der Waals surface area contributed by atoms with Gasteiger partial charge in [-0.2, -0.15) is 5.10 Å². The summed E-state index contributed by atoms with van der Waals surface area (Å²) in [5.41, 5.74) is 5.95. The van der Waals surface area contributed by atoms with Crippen LogP contribution in [0.3, 0.4) is 0 Å². The fourth-order valence-electron chi connectivity index (χ4n) is 3.65. The van der Waals surface area contributed by atoms with Crippen LogP contribution in [0.15, 0.2) is 79.9 Å². The third kappa shape index (κ3) is 7.09. The number of aromatic nitrogens is 3. The van der Waals surface area contributed by atoms with Crippen molar-refractivity contribution in [3.05, 3.63) is 80.7 Å². The Morgan fingerprint density at radius 3 is 2.44 bits per heavy atom. The largest absolute Gasteiger partial charge is 0.506 e. The number of hydrazone groups is 1. The number of hydrogen-bond acceptors (Lipinski definition) is 7. The summed E-state index contributed by atoms with van der Waals surface area (Å²) in [5, 5.41) is 23.6. The van der Waals surface area contributed by atoms with Gasteiger partial charge in [0.05, 0.1) is 23.5 Å². The molecule has 11 heteroatoms. The highest BCUT2D eigenvalue weighted by atomic mass is 79.9. The van der Waals surface area contributed by atoms with E-state index >= 15 is 0 Å². The van der Waals surface area contributed by atoms with Gasteiger partial charge in [0.25, 0.3) is 5.91 Å². The summed E-state index contributed by atoms with van der Waals surface area (Å²) in [6, 6.07) is 19.3. The number of methoxy groups -OCH3 is 1. The van der Waals surface area contributed by atoms with E-state index in [1.165, 1.54) is 23.5 Å². The molecular weight excluding hydrogens is 646 g/mol. The molecule has 4 aromatic rings. The second-order valence-electron chi connectivity index (χ2n) is 9.57. The maximum absolute atomic E-state index is 12.6. The van der Waals surface area contributed by atoms with E-state index < -0.39 is 0 Å².